The molecule has 2 aliphatic rings. The van der Waals surface area contributed by atoms with Crippen LogP contribution in [-0.2, 0) is 21.4 Å². The Morgan fingerprint density at radius 2 is 1.74 bits per heavy atom. The standard InChI is InChI=1S/C25H32N4O4S/c26-24(30)20-6-4-14-29(17-20)16-18-10-12-21(13-11-18)27-25(31)19-5-3-9-23(15-19)34(32,33)28-22-7-1-2-8-22/h3,5,9-13,15,20,22,28H,1-2,4,6-8,14,16-17H2,(H2,26,30)(H,27,31). The van der Waals surface area contributed by atoms with Crippen molar-refractivity contribution in [2.75, 3.05) is 18.4 Å². The number of nitrogens with one attached hydrogen (secondary N) is 2. The first-order valence-corrected chi connectivity index (χ1v) is 13.3. The molecular weight excluding hydrogens is 452 g/mol. The van der Waals surface area contributed by atoms with Crippen LogP contribution in [0.25, 0.3) is 0 Å². The molecule has 0 bridgehead atoms. The smallest absolute Gasteiger partial charge is 0.255 e. The van der Waals surface area contributed by atoms with Crippen LogP contribution < -0.4 is 15.8 Å². The zero-order valence-corrected chi connectivity index (χ0v) is 20.0. The molecule has 0 aromatic heterocycles. The minimum atomic E-state index is -3.67. The summed E-state index contributed by atoms with van der Waals surface area (Å²) < 4.78 is 28.2. The average Bonchev–Trinajstić information content (AvgIpc) is 3.33. The molecule has 1 atom stereocenters. The van der Waals surface area contributed by atoms with E-state index in [1.807, 2.05) is 24.3 Å². The number of piperidine rings is 1. The van der Waals surface area contributed by atoms with Gasteiger partial charge in [0, 0.05) is 30.4 Å². The number of anilines is 1. The third-order valence-corrected chi connectivity index (χ3v) is 8.13. The largest absolute Gasteiger partial charge is 0.369 e. The van der Waals surface area contributed by atoms with E-state index in [1.54, 1.807) is 12.1 Å². The monoisotopic (exact) mass is 484 g/mol. The highest BCUT2D eigenvalue weighted by molar-refractivity contribution is 7.89. The number of primary amides is 1. The lowest BCUT2D eigenvalue weighted by Gasteiger charge is -2.31. The van der Waals surface area contributed by atoms with Crippen molar-refractivity contribution >= 4 is 27.5 Å². The lowest BCUT2D eigenvalue weighted by atomic mass is 9.97. The fourth-order valence-electron chi connectivity index (χ4n) is 4.72. The van der Waals surface area contributed by atoms with Crippen molar-refractivity contribution in [3.8, 4) is 0 Å². The lowest BCUT2D eigenvalue weighted by Crippen LogP contribution is -2.40. The maximum Gasteiger partial charge on any atom is 0.255 e. The van der Waals surface area contributed by atoms with Gasteiger partial charge in [-0.3, -0.25) is 14.5 Å². The molecular formula is C25H32N4O4S. The number of hydrogen-bond acceptors (Lipinski definition) is 5. The van der Waals surface area contributed by atoms with Crippen molar-refractivity contribution in [1.29, 1.82) is 0 Å². The van der Waals surface area contributed by atoms with Crippen molar-refractivity contribution in [2.24, 2.45) is 11.7 Å². The molecule has 1 unspecified atom stereocenters. The summed E-state index contributed by atoms with van der Waals surface area (Å²) in [7, 11) is -3.67. The van der Waals surface area contributed by atoms with Gasteiger partial charge in [0.25, 0.3) is 5.91 Å². The number of nitrogens with two attached hydrogens (primary N) is 1. The Kier molecular flexibility index (Phi) is 7.65. The minimum Gasteiger partial charge on any atom is -0.369 e. The Hall–Kier alpha value is -2.75. The summed E-state index contributed by atoms with van der Waals surface area (Å²) in [4.78, 5) is 26.6. The Morgan fingerprint density at radius 1 is 1.00 bits per heavy atom. The first-order chi connectivity index (χ1) is 16.3. The van der Waals surface area contributed by atoms with Crippen molar-refractivity contribution in [3.05, 3.63) is 59.7 Å². The van der Waals surface area contributed by atoms with Crippen LogP contribution in [0.5, 0.6) is 0 Å². The molecule has 34 heavy (non-hydrogen) atoms. The summed E-state index contributed by atoms with van der Waals surface area (Å²) in [5.74, 6) is -0.708. The van der Waals surface area contributed by atoms with E-state index in [9.17, 15) is 18.0 Å². The number of sulfonamides is 1. The maximum absolute atomic E-state index is 12.8. The number of likely N-dealkylation sites (tertiary alicyclic amines) is 1. The highest BCUT2D eigenvalue weighted by Gasteiger charge is 2.25. The van der Waals surface area contributed by atoms with Crippen LogP contribution in [-0.4, -0.2) is 44.3 Å². The van der Waals surface area contributed by atoms with Gasteiger partial charge in [0.05, 0.1) is 10.8 Å². The summed E-state index contributed by atoms with van der Waals surface area (Å²) >= 11 is 0. The van der Waals surface area contributed by atoms with Gasteiger partial charge in [0.2, 0.25) is 15.9 Å². The second kappa shape index (κ2) is 10.7. The fraction of sp³-hybridized carbons (Fsp3) is 0.440. The van der Waals surface area contributed by atoms with E-state index in [0.717, 1.165) is 50.6 Å². The van der Waals surface area contributed by atoms with E-state index in [1.165, 1.54) is 12.1 Å². The van der Waals surface area contributed by atoms with Crippen molar-refractivity contribution in [1.82, 2.24) is 9.62 Å². The Labute approximate surface area is 201 Å². The third kappa shape index (κ3) is 6.22. The van der Waals surface area contributed by atoms with E-state index in [2.05, 4.69) is 14.9 Å². The van der Waals surface area contributed by atoms with Crippen LogP contribution in [0.2, 0.25) is 0 Å². The Bertz CT molecular complexity index is 1130. The number of rotatable bonds is 8. The molecule has 1 heterocycles. The normalized spacial score (nSPS) is 19.7. The van der Waals surface area contributed by atoms with E-state index < -0.39 is 10.0 Å². The van der Waals surface area contributed by atoms with E-state index in [4.69, 9.17) is 5.73 Å². The van der Waals surface area contributed by atoms with Gasteiger partial charge < -0.3 is 11.1 Å². The predicted molar refractivity (Wildman–Crippen MR) is 131 cm³/mol. The lowest BCUT2D eigenvalue weighted by molar-refractivity contribution is -0.123. The number of amides is 2. The van der Waals surface area contributed by atoms with Gasteiger partial charge in [0.1, 0.15) is 0 Å². The molecule has 1 aliphatic heterocycles. The van der Waals surface area contributed by atoms with Crippen LogP contribution in [0.1, 0.15) is 54.4 Å². The molecule has 1 saturated carbocycles. The van der Waals surface area contributed by atoms with Gasteiger partial charge in [-0.25, -0.2) is 13.1 Å². The molecule has 8 nitrogen and oxygen atoms in total. The topological polar surface area (TPSA) is 122 Å². The van der Waals surface area contributed by atoms with Gasteiger partial charge in [-0.05, 0) is 68.1 Å². The Morgan fingerprint density at radius 3 is 2.44 bits per heavy atom. The zero-order chi connectivity index (χ0) is 24.1. The summed E-state index contributed by atoms with van der Waals surface area (Å²) in [6.07, 6.45) is 5.54. The van der Waals surface area contributed by atoms with E-state index in [0.29, 0.717) is 18.8 Å². The summed E-state index contributed by atoms with van der Waals surface area (Å²) in [6, 6.07) is 13.6. The van der Waals surface area contributed by atoms with Crippen LogP contribution in [0.15, 0.2) is 53.4 Å². The highest BCUT2D eigenvalue weighted by atomic mass is 32.2. The quantitative estimate of drug-likeness (QED) is 0.532. The maximum atomic E-state index is 12.8. The number of carbonyl (C=O) groups excluding carboxylic acids is 2. The summed E-state index contributed by atoms with van der Waals surface area (Å²) in [5.41, 5.74) is 7.45. The molecule has 2 amide bonds. The summed E-state index contributed by atoms with van der Waals surface area (Å²) in [6.45, 7) is 2.31. The summed E-state index contributed by atoms with van der Waals surface area (Å²) in [5, 5.41) is 2.83. The molecule has 1 aliphatic carbocycles. The molecule has 1 saturated heterocycles. The predicted octanol–water partition coefficient (Wildman–Crippen LogP) is 2.86. The molecule has 0 radical (unpaired) electrons. The van der Waals surface area contributed by atoms with Crippen molar-refractivity contribution < 1.29 is 18.0 Å². The number of carbonyl (C=O) groups is 2. The van der Waals surface area contributed by atoms with Gasteiger partial charge in [-0.2, -0.15) is 0 Å². The molecule has 0 spiro atoms. The molecule has 9 heteroatoms. The fourth-order valence-corrected chi connectivity index (χ4v) is 6.07. The number of benzene rings is 2. The van der Waals surface area contributed by atoms with Crippen molar-refractivity contribution in [3.63, 3.8) is 0 Å². The van der Waals surface area contributed by atoms with Crippen molar-refractivity contribution in [2.45, 2.75) is 56.0 Å². The average molecular weight is 485 g/mol. The SMILES string of the molecule is NC(=O)C1CCCN(Cc2ccc(NC(=O)c3cccc(S(=O)(=O)NC4CCCC4)c3)cc2)C1. The molecule has 2 fully saturated rings. The van der Waals surface area contributed by atoms with Crippen LogP contribution in [0, 0.1) is 5.92 Å². The van der Waals surface area contributed by atoms with Crippen LogP contribution >= 0.6 is 0 Å². The van der Waals surface area contributed by atoms with E-state index >= 15 is 0 Å². The van der Waals surface area contributed by atoms with Crippen LogP contribution in [0.3, 0.4) is 0 Å². The second-order valence-corrected chi connectivity index (χ2v) is 11.0. The number of nitrogens with zero attached hydrogens (tertiary/aromatic N) is 1. The molecule has 182 valence electrons. The first kappa shape index (κ1) is 24.4. The minimum absolute atomic E-state index is 0.0346. The van der Waals surface area contributed by atoms with Crippen LogP contribution in [0.4, 0.5) is 5.69 Å². The molecule has 4 N–H and O–H groups in total. The van der Waals surface area contributed by atoms with Gasteiger partial charge in [0.15, 0.2) is 0 Å². The van der Waals surface area contributed by atoms with Gasteiger partial charge >= 0.3 is 0 Å². The van der Waals surface area contributed by atoms with Gasteiger partial charge in [-0.15, -0.1) is 0 Å². The second-order valence-electron chi connectivity index (χ2n) is 9.26. The first-order valence-electron chi connectivity index (χ1n) is 11.8. The third-order valence-electron chi connectivity index (χ3n) is 6.61. The number of hydrogen-bond donors (Lipinski definition) is 3. The molecule has 4 rings (SSSR count). The zero-order valence-electron chi connectivity index (χ0n) is 19.2. The molecule has 2 aromatic rings. The Balaban J connectivity index is 1.36. The molecule has 2 aromatic carbocycles. The van der Waals surface area contributed by atoms with E-state index in [-0.39, 0.29) is 34.2 Å². The van der Waals surface area contributed by atoms with Gasteiger partial charge in [-0.1, -0.05) is 31.0 Å². The highest BCUT2D eigenvalue weighted by Crippen LogP contribution is 2.22.